The van der Waals surface area contributed by atoms with E-state index in [0.717, 1.165) is 39.0 Å². The first kappa shape index (κ1) is 22.3. The molecule has 0 aliphatic carbocycles. The second-order valence-corrected chi connectivity index (χ2v) is 8.41. The highest BCUT2D eigenvalue weighted by atomic mass is 16.5. The lowest BCUT2D eigenvalue weighted by Gasteiger charge is -2.13. The molecular weight excluding hydrogens is 442 g/mol. The van der Waals surface area contributed by atoms with Gasteiger partial charge in [-0.05, 0) is 67.8 Å². The molecule has 0 fully saturated rings. The second-order valence-electron chi connectivity index (χ2n) is 8.41. The maximum Gasteiger partial charge on any atom is 0.336 e. The van der Waals surface area contributed by atoms with Gasteiger partial charge in [-0.1, -0.05) is 30.3 Å². The van der Waals surface area contributed by atoms with Crippen molar-refractivity contribution in [1.29, 1.82) is 0 Å². The summed E-state index contributed by atoms with van der Waals surface area (Å²) in [6.45, 7) is 6.52. The Morgan fingerprint density at radius 1 is 0.943 bits per heavy atom. The maximum absolute atomic E-state index is 11.5. The van der Waals surface area contributed by atoms with Crippen molar-refractivity contribution >= 4 is 16.9 Å². The number of benzene rings is 3. The van der Waals surface area contributed by atoms with Crippen LogP contribution in [0.4, 0.5) is 0 Å². The number of fused-ring (bicyclic) bond motifs is 1. The molecule has 3 aromatic carbocycles. The normalized spacial score (nSPS) is 11.1. The maximum atomic E-state index is 11.5. The molecular formula is C28H23N3O4. The van der Waals surface area contributed by atoms with Crippen molar-refractivity contribution in [2.45, 2.75) is 27.4 Å². The number of aryl methyl sites for hydroxylation is 3. The van der Waals surface area contributed by atoms with Crippen LogP contribution < -0.4 is 4.74 Å². The molecule has 2 aromatic heterocycles. The summed E-state index contributed by atoms with van der Waals surface area (Å²) in [5, 5.41) is 18.5. The predicted octanol–water partition coefficient (Wildman–Crippen LogP) is 6.15. The SMILES string of the molecule is Cc1cc(OCc2ccc(-c3nnc(-c4ccccc4C(=O)O)o3)cc2)c2ccc(C)c(C)c2n1. The Morgan fingerprint density at radius 2 is 1.69 bits per heavy atom. The van der Waals surface area contributed by atoms with Gasteiger partial charge >= 0.3 is 5.97 Å². The summed E-state index contributed by atoms with van der Waals surface area (Å²) in [5.41, 5.74) is 6.44. The second kappa shape index (κ2) is 9.02. The van der Waals surface area contributed by atoms with Crippen LogP contribution >= 0.6 is 0 Å². The van der Waals surface area contributed by atoms with Crippen molar-refractivity contribution in [1.82, 2.24) is 15.2 Å². The Balaban J connectivity index is 1.35. The number of ether oxygens (including phenoxy) is 1. The van der Waals surface area contributed by atoms with E-state index in [0.29, 0.717) is 18.1 Å². The monoisotopic (exact) mass is 465 g/mol. The smallest absolute Gasteiger partial charge is 0.336 e. The van der Waals surface area contributed by atoms with E-state index in [4.69, 9.17) is 14.1 Å². The van der Waals surface area contributed by atoms with Gasteiger partial charge in [-0.2, -0.15) is 0 Å². The van der Waals surface area contributed by atoms with E-state index in [1.54, 1.807) is 18.2 Å². The summed E-state index contributed by atoms with van der Waals surface area (Å²) in [5.74, 6) is 0.232. The third-order valence-electron chi connectivity index (χ3n) is 6.00. The number of pyridine rings is 1. The average molecular weight is 466 g/mol. The van der Waals surface area contributed by atoms with Crippen LogP contribution in [0.1, 0.15) is 32.7 Å². The van der Waals surface area contributed by atoms with E-state index < -0.39 is 5.97 Å². The van der Waals surface area contributed by atoms with Gasteiger partial charge in [0, 0.05) is 22.7 Å². The van der Waals surface area contributed by atoms with E-state index in [9.17, 15) is 9.90 Å². The molecule has 7 heteroatoms. The molecule has 2 heterocycles. The lowest BCUT2D eigenvalue weighted by molar-refractivity contribution is 0.0697. The van der Waals surface area contributed by atoms with Crippen LogP contribution in [-0.4, -0.2) is 26.3 Å². The first-order valence-corrected chi connectivity index (χ1v) is 11.2. The van der Waals surface area contributed by atoms with Crippen LogP contribution in [-0.2, 0) is 6.61 Å². The van der Waals surface area contributed by atoms with Crippen molar-refractivity contribution in [2.75, 3.05) is 0 Å². The van der Waals surface area contributed by atoms with Crippen LogP contribution in [0.2, 0.25) is 0 Å². The van der Waals surface area contributed by atoms with Gasteiger partial charge in [0.05, 0.1) is 16.6 Å². The Hall–Kier alpha value is -4.52. The van der Waals surface area contributed by atoms with Gasteiger partial charge in [-0.3, -0.25) is 4.98 Å². The van der Waals surface area contributed by atoms with Crippen molar-refractivity contribution in [3.63, 3.8) is 0 Å². The zero-order chi connectivity index (χ0) is 24.5. The minimum absolute atomic E-state index is 0.111. The quantitative estimate of drug-likeness (QED) is 0.321. The average Bonchev–Trinajstić information content (AvgIpc) is 3.35. The van der Waals surface area contributed by atoms with E-state index in [1.807, 2.05) is 37.3 Å². The van der Waals surface area contributed by atoms with E-state index >= 15 is 0 Å². The van der Waals surface area contributed by atoms with Gasteiger partial charge < -0.3 is 14.3 Å². The van der Waals surface area contributed by atoms with Crippen LogP contribution in [0.5, 0.6) is 5.75 Å². The third kappa shape index (κ3) is 4.36. The van der Waals surface area contributed by atoms with Gasteiger partial charge in [-0.15, -0.1) is 10.2 Å². The lowest BCUT2D eigenvalue weighted by atomic mass is 10.0. The largest absolute Gasteiger partial charge is 0.488 e. The highest BCUT2D eigenvalue weighted by Crippen LogP contribution is 2.30. The molecule has 0 amide bonds. The first-order chi connectivity index (χ1) is 16.9. The number of nitrogens with zero attached hydrogens (tertiary/aromatic N) is 3. The molecule has 1 N–H and O–H groups in total. The molecule has 0 bridgehead atoms. The molecule has 5 aromatic rings. The van der Waals surface area contributed by atoms with Gasteiger partial charge in [0.15, 0.2) is 0 Å². The fourth-order valence-electron chi connectivity index (χ4n) is 3.95. The summed E-state index contributed by atoms with van der Waals surface area (Å²) in [4.78, 5) is 16.2. The molecule has 0 atom stereocenters. The summed E-state index contributed by atoms with van der Waals surface area (Å²) in [6, 6.07) is 20.3. The summed E-state index contributed by atoms with van der Waals surface area (Å²) < 4.78 is 12.0. The number of aromatic nitrogens is 3. The predicted molar refractivity (Wildman–Crippen MR) is 132 cm³/mol. The molecule has 0 spiro atoms. The summed E-state index contributed by atoms with van der Waals surface area (Å²) in [7, 11) is 0. The number of hydrogen-bond donors (Lipinski definition) is 1. The minimum Gasteiger partial charge on any atom is -0.488 e. The molecule has 0 radical (unpaired) electrons. The Bertz CT molecular complexity index is 1560. The molecule has 5 rings (SSSR count). The number of carbonyl (C=O) groups is 1. The number of carboxylic acid groups (broad SMARTS) is 1. The minimum atomic E-state index is -1.05. The zero-order valence-corrected chi connectivity index (χ0v) is 19.6. The van der Waals surface area contributed by atoms with Crippen molar-refractivity contribution in [2.24, 2.45) is 0 Å². The van der Waals surface area contributed by atoms with Crippen LogP contribution in [0, 0.1) is 20.8 Å². The molecule has 0 unspecified atom stereocenters. The highest BCUT2D eigenvalue weighted by Gasteiger charge is 2.17. The number of aromatic carboxylic acids is 1. The van der Waals surface area contributed by atoms with Gasteiger partial charge in [0.2, 0.25) is 11.8 Å². The standard InChI is InChI=1S/C28H23N3O4/c1-16-8-13-23-24(14-17(2)29-25(23)18(16)3)34-15-19-9-11-20(12-10-19)26-30-31-27(35-26)21-6-4-5-7-22(21)28(32)33/h4-14H,15H2,1-3H3,(H,32,33). The fourth-order valence-corrected chi connectivity index (χ4v) is 3.95. The van der Waals surface area contributed by atoms with E-state index in [2.05, 4.69) is 36.2 Å². The van der Waals surface area contributed by atoms with E-state index in [1.165, 1.54) is 11.6 Å². The lowest BCUT2D eigenvalue weighted by Crippen LogP contribution is -1.99. The van der Waals surface area contributed by atoms with Crippen LogP contribution in [0.15, 0.2) is 71.1 Å². The fraction of sp³-hybridized carbons (Fsp3) is 0.143. The Kier molecular flexibility index (Phi) is 5.74. The molecule has 0 aliphatic rings. The number of hydrogen-bond acceptors (Lipinski definition) is 6. The highest BCUT2D eigenvalue weighted by molar-refractivity contribution is 5.94. The molecule has 0 saturated heterocycles. The Labute approximate surface area is 202 Å². The molecule has 35 heavy (non-hydrogen) atoms. The number of carboxylic acids is 1. The van der Waals surface area contributed by atoms with Crippen molar-refractivity contribution in [3.8, 4) is 28.7 Å². The summed E-state index contributed by atoms with van der Waals surface area (Å²) in [6.07, 6.45) is 0. The van der Waals surface area contributed by atoms with E-state index in [-0.39, 0.29) is 11.5 Å². The van der Waals surface area contributed by atoms with Gasteiger partial charge in [0.25, 0.3) is 0 Å². The first-order valence-electron chi connectivity index (χ1n) is 11.2. The molecule has 7 nitrogen and oxygen atoms in total. The third-order valence-corrected chi connectivity index (χ3v) is 6.00. The molecule has 0 saturated carbocycles. The van der Waals surface area contributed by atoms with Crippen LogP contribution in [0.25, 0.3) is 33.8 Å². The van der Waals surface area contributed by atoms with Crippen molar-refractivity contribution < 1.29 is 19.1 Å². The molecule has 174 valence electrons. The van der Waals surface area contributed by atoms with Gasteiger partial charge in [-0.25, -0.2) is 4.79 Å². The topological polar surface area (TPSA) is 98.3 Å². The zero-order valence-electron chi connectivity index (χ0n) is 19.6. The summed E-state index contributed by atoms with van der Waals surface area (Å²) >= 11 is 0. The van der Waals surface area contributed by atoms with Crippen molar-refractivity contribution in [3.05, 3.63) is 94.7 Å². The van der Waals surface area contributed by atoms with Gasteiger partial charge in [0.1, 0.15) is 12.4 Å². The molecule has 0 aliphatic heterocycles. The Morgan fingerprint density at radius 3 is 2.46 bits per heavy atom. The van der Waals surface area contributed by atoms with Crippen LogP contribution in [0.3, 0.4) is 0 Å². The number of rotatable bonds is 6.